The summed E-state index contributed by atoms with van der Waals surface area (Å²) < 4.78 is 11.0. The van der Waals surface area contributed by atoms with Gasteiger partial charge in [0.15, 0.2) is 0 Å². The van der Waals surface area contributed by atoms with Crippen molar-refractivity contribution in [2.45, 2.75) is 19.1 Å². The van der Waals surface area contributed by atoms with Gasteiger partial charge in [-0.15, -0.1) is 12.4 Å². The molecule has 2 aromatic rings. The van der Waals surface area contributed by atoms with Gasteiger partial charge in [0.25, 0.3) is 5.91 Å². The third-order valence-corrected chi connectivity index (χ3v) is 5.30. The predicted molar refractivity (Wildman–Crippen MR) is 119 cm³/mol. The maximum Gasteiger partial charge on any atom is 0.338 e. The van der Waals surface area contributed by atoms with E-state index < -0.39 is 12.1 Å². The molecule has 2 aromatic carbocycles. The van der Waals surface area contributed by atoms with Crippen molar-refractivity contribution >= 4 is 47.5 Å². The summed E-state index contributed by atoms with van der Waals surface area (Å²) in [4.78, 5) is 25.2. The minimum Gasteiger partial charge on any atom is -0.462 e. The van der Waals surface area contributed by atoms with Crippen LogP contribution in [0.15, 0.2) is 42.5 Å². The lowest BCUT2D eigenvalue weighted by atomic mass is 10.0. The molecule has 0 unspecified atom stereocenters. The first-order valence-corrected chi connectivity index (χ1v) is 10.1. The number of halogens is 3. The van der Waals surface area contributed by atoms with Crippen LogP contribution in [0.1, 0.15) is 39.3 Å². The van der Waals surface area contributed by atoms with Crippen molar-refractivity contribution in [2.75, 3.05) is 26.3 Å². The van der Waals surface area contributed by atoms with E-state index in [4.69, 9.17) is 32.7 Å². The summed E-state index contributed by atoms with van der Waals surface area (Å²) in [6.07, 6.45) is -0.418. The van der Waals surface area contributed by atoms with Crippen LogP contribution >= 0.6 is 35.6 Å². The summed E-state index contributed by atoms with van der Waals surface area (Å²) in [5, 5.41) is 7.10. The van der Waals surface area contributed by atoms with Crippen molar-refractivity contribution in [3.05, 3.63) is 69.2 Å². The molecule has 2 atom stereocenters. The van der Waals surface area contributed by atoms with Gasteiger partial charge in [0.1, 0.15) is 6.10 Å². The summed E-state index contributed by atoms with van der Waals surface area (Å²) in [5.74, 6) is -0.912. The highest BCUT2D eigenvalue weighted by Crippen LogP contribution is 2.29. The Balaban J connectivity index is 0.00000320. The molecule has 1 heterocycles. The third-order valence-electron chi connectivity index (χ3n) is 4.56. The Hall–Kier alpha value is -1.83. The summed E-state index contributed by atoms with van der Waals surface area (Å²) in [6, 6.07) is 11.5. The average molecular weight is 474 g/mol. The molecule has 1 aliphatic heterocycles. The van der Waals surface area contributed by atoms with Crippen LogP contribution in [-0.2, 0) is 9.47 Å². The smallest absolute Gasteiger partial charge is 0.338 e. The Labute approximate surface area is 191 Å². The minimum absolute atomic E-state index is 0. The number of benzene rings is 2. The van der Waals surface area contributed by atoms with Crippen molar-refractivity contribution in [3.8, 4) is 0 Å². The van der Waals surface area contributed by atoms with Crippen LogP contribution in [-0.4, -0.2) is 44.2 Å². The predicted octanol–water partition coefficient (Wildman–Crippen LogP) is 4.05. The van der Waals surface area contributed by atoms with Crippen LogP contribution in [0.5, 0.6) is 0 Å². The van der Waals surface area contributed by atoms with Crippen LogP contribution in [0.25, 0.3) is 0 Å². The first kappa shape index (κ1) is 24.4. The van der Waals surface area contributed by atoms with Crippen molar-refractivity contribution in [1.29, 1.82) is 0 Å². The first-order chi connectivity index (χ1) is 14.0. The summed E-state index contributed by atoms with van der Waals surface area (Å²) in [6.45, 7) is 3.59. The summed E-state index contributed by atoms with van der Waals surface area (Å²) in [5.41, 5.74) is 1.29. The van der Waals surface area contributed by atoms with E-state index in [1.165, 1.54) is 0 Å². The highest BCUT2D eigenvalue weighted by atomic mass is 35.5. The Bertz CT molecular complexity index is 894. The van der Waals surface area contributed by atoms with E-state index in [2.05, 4.69) is 10.6 Å². The Kier molecular flexibility index (Phi) is 9.39. The highest BCUT2D eigenvalue weighted by molar-refractivity contribution is 6.42. The number of hydrogen-bond acceptors (Lipinski definition) is 5. The van der Waals surface area contributed by atoms with Gasteiger partial charge in [-0.1, -0.05) is 41.4 Å². The molecule has 0 aliphatic carbocycles. The molecule has 1 aliphatic rings. The number of esters is 1. The molecule has 3 rings (SSSR count). The van der Waals surface area contributed by atoms with Crippen molar-refractivity contribution in [3.63, 3.8) is 0 Å². The standard InChI is InChI=1S/C21H22Cl2N2O4.ClH/c1-2-28-21(27)15-6-4-3-5-14(15)20(26)25-18-12-24-9-10-29-19(18)13-7-8-16(22)17(23)11-13;/h3-8,11,18-19,24H,2,9-10,12H2,1H3,(H,25,26);1H/t18-,19+;/m1./s1. The number of hydrogen-bond donors (Lipinski definition) is 2. The van der Waals surface area contributed by atoms with Gasteiger partial charge in [-0.2, -0.15) is 0 Å². The number of carbonyl (C=O) groups excluding carboxylic acids is 2. The number of ether oxygens (including phenoxy) is 2. The fourth-order valence-electron chi connectivity index (χ4n) is 3.20. The van der Waals surface area contributed by atoms with E-state index in [0.29, 0.717) is 29.7 Å². The molecule has 6 nitrogen and oxygen atoms in total. The second-order valence-corrected chi connectivity index (χ2v) is 7.33. The molecule has 1 saturated heterocycles. The van der Waals surface area contributed by atoms with Gasteiger partial charge < -0.3 is 20.1 Å². The normalized spacial score (nSPS) is 18.6. The molecule has 0 radical (unpaired) electrons. The molecule has 0 spiro atoms. The lowest BCUT2D eigenvalue weighted by Gasteiger charge is -2.26. The maximum atomic E-state index is 13.0. The zero-order chi connectivity index (χ0) is 20.8. The zero-order valence-electron chi connectivity index (χ0n) is 16.3. The second-order valence-electron chi connectivity index (χ2n) is 6.52. The van der Waals surface area contributed by atoms with E-state index in [-0.39, 0.29) is 42.1 Å². The SMILES string of the molecule is CCOC(=O)c1ccccc1C(=O)N[C@@H]1CNCCO[C@H]1c1ccc(Cl)c(Cl)c1.Cl. The van der Waals surface area contributed by atoms with Crippen LogP contribution in [0.4, 0.5) is 0 Å². The Morgan fingerprint density at radius 2 is 1.90 bits per heavy atom. The number of nitrogens with one attached hydrogen (secondary N) is 2. The van der Waals surface area contributed by atoms with Gasteiger partial charge in [0.2, 0.25) is 0 Å². The molecule has 30 heavy (non-hydrogen) atoms. The third kappa shape index (κ3) is 5.86. The monoisotopic (exact) mass is 472 g/mol. The molecule has 1 amide bonds. The van der Waals surface area contributed by atoms with Gasteiger partial charge in [0.05, 0.1) is 40.4 Å². The molecule has 9 heteroatoms. The van der Waals surface area contributed by atoms with E-state index in [1.54, 1.807) is 43.3 Å². The molecular weight excluding hydrogens is 451 g/mol. The van der Waals surface area contributed by atoms with Crippen molar-refractivity contribution in [2.24, 2.45) is 0 Å². The fourth-order valence-corrected chi connectivity index (χ4v) is 3.50. The van der Waals surface area contributed by atoms with E-state index in [1.807, 2.05) is 6.07 Å². The van der Waals surface area contributed by atoms with Crippen LogP contribution in [0.3, 0.4) is 0 Å². The van der Waals surface area contributed by atoms with E-state index >= 15 is 0 Å². The van der Waals surface area contributed by atoms with Crippen LogP contribution in [0.2, 0.25) is 10.0 Å². The summed E-state index contributed by atoms with van der Waals surface area (Å²) >= 11 is 12.2. The molecule has 0 aromatic heterocycles. The number of amides is 1. The molecule has 2 N–H and O–H groups in total. The lowest BCUT2D eigenvalue weighted by molar-refractivity contribution is 0.0415. The molecular formula is C21H23Cl3N2O4. The molecule has 1 fully saturated rings. The molecule has 162 valence electrons. The van der Waals surface area contributed by atoms with Gasteiger partial charge in [-0.25, -0.2) is 4.79 Å². The maximum absolute atomic E-state index is 13.0. The minimum atomic E-state index is -0.533. The average Bonchev–Trinajstić information content (AvgIpc) is 2.95. The number of carbonyl (C=O) groups is 2. The Morgan fingerprint density at radius 3 is 2.60 bits per heavy atom. The van der Waals surface area contributed by atoms with E-state index in [9.17, 15) is 9.59 Å². The van der Waals surface area contributed by atoms with Crippen molar-refractivity contribution < 1.29 is 19.1 Å². The van der Waals surface area contributed by atoms with Crippen LogP contribution < -0.4 is 10.6 Å². The van der Waals surface area contributed by atoms with Gasteiger partial charge in [-0.05, 0) is 36.8 Å². The topological polar surface area (TPSA) is 76.7 Å². The van der Waals surface area contributed by atoms with Gasteiger partial charge in [0, 0.05) is 13.1 Å². The highest BCUT2D eigenvalue weighted by Gasteiger charge is 2.29. The van der Waals surface area contributed by atoms with Gasteiger partial charge >= 0.3 is 5.97 Å². The van der Waals surface area contributed by atoms with Crippen LogP contribution in [0, 0.1) is 0 Å². The van der Waals surface area contributed by atoms with Crippen molar-refractivity contribution in [1.82, 2.24) is 10.6 Å². The Morgan fingerprint density at radius 1 is 1.17 bits per heavy atom. The zero-order valence-corrected chi connectivity index (χ0v) is 18.7. The number of rotatable bonds is 5. The lowest BCUT2D eigenvalue weighted by Crippen LogP contribution is -2.45. The molecule has 0 saturated carbocycles. The second kappa shape index (κ2) is 11.5. The largest absolute Gasteiger partial charge is 0.462 e. The quantitative estimate of drug-likeness (QED) is 0.641. The summed E-state index contributed by atoms with van der Waals surface area (Å²) in [7, 11) is 0. The van der Waals surface area contributed by atoms with E-state index in [0.717, 1.165) is 5.56 Å². The molecule has 0 bridgehead atoms. The first-order valence-electron chi connectivity index (χ1n) is 9.35. The van der Waals surface area contributed by atoms with Gasteiger partial charge in [-0.3, -0.25) is 4.79 Å². The fraction of sp³-hybridized carbons (Fsp3) is 0.333.